The maximum atomic E-state index is 10.1. The van der Waals surface area contributed by atoms with Gasteiger partial charge in [0.05, 0.1) is 6.26 Å². The van der Waals surface area contributed by atoms with Crippen LogP contribution in [0.25, 0.3) is 6.08 Å². The van der Waals surface area contributed by atoms with E-state index >= 15 is 0 Å². The van der Waals surface area contributed by atoms with Gasteiger partial charge in [0.15, 0.2) is 0 Å². The Morgan fingerprint density at radius 2 is 2.55 bits per heavy atom. The van der Waals surface area contributed by atoms with Crippen LogP contribution in [0.4, 0.5) is 0 Å². The number of rotatable bonds is 3. The lowest BCUT2D eigenvalue weighted by Gasteiger charge is -1.89. The van der Waals surface area contributed by atoms with Gasteiger partial charge in [-0.25, -0.2) is 0 Å². The first-order valence-electron chi connectivity index (χ1n) is 3.47. The van der Waals surface area contributed by atoms with E-state index in [0.29, 0.717) is 6.42 Å². The van der Waals surface area contributed by atoms with E-state index in [0.717, 1.165) is 17.6 Å². The standard InChI is InChI=1S/C9H10O2/c1-8(4-5-10)7-9-3-2-6-11-9/h2-3,5-7H,4H2,1H3/b8-7+. The average Bonchev–Trinajstić information content (AvgIpc) is 2.40. The smallest absolute Gasteiger partial charge is 0.126 e. The summed E-state index contributed by atoms with van der Waals surface area (Å²) >= 11 is 0. The molecule has 1 aromatic heterocycles. The molecule has 0 aliphatic carbocycles. The van der Waals surface area contributed by atoms with E-state index in [1.807, 2.05) is 25.1 Å². The average molecular weight is 150 g/mol. The van der Waals surface area contributed by atoms with Crippen LogP contribution in [0.5, 0.6) is 0 Å². The van der Waals surface area contributed by atoms with Gasteiger partial charge in [0.1, 0.15) is 12.0 Å². The first-order chi connectivity index (χ1) is 5.33. The van der Waals surface area contributed by atoms with Gasteiger partial charge in [-0.05, 0) is 25.1 Å². The molecule has 1 rings (SSSR count). The number of hydrogen-bond acceptors (Lipinski definition) is 2. The molecule has 0 N–H and O–H groups in total. The third-order valence-corrected chi connectivity index (χ3v) is 1.34. The van der Waals surface area contributed by atoms with Crippen LogP contribution in [0.15, 0.2) is 28.4 Å². The minimum atomic E-state index is 0.473. The first-order valence-corrected chi connectivity index (χ1v) is 3.47. The van der Waals surface area contributed by atoms with Gasteiger partial charge in [0, 0.05) is 6.42 Å². The maximum Gasteiger partial charge on any atom is 0.126 e. The Balaban J connectivity index is 2.65. The van der Waals surface area contributed by atoms with E-state index < -0.39 is 0 Å². The predicted molar refractivity (Wildman–Crippen MR) is 43.0 cm³/mol. The summed E-state index contributed by atoms with van der Waals surface area (Å²) in [7, 11) is 0. The molecule has 0 amide bonds. The highest BCUT2D eigenvalue weighted by molar-refractivity contribution is 5.59. The van der Waals surface area contributed by atoms with Crippen molar-refractivity contribution in [2.75, 3.05) is 0 Å². The quantitative estimate of drug-likeness (QED) is 0.619. The predicted octanol–water partition coefficient (Wildman–Crippen LogP) is 2.27. The van der Waals surface area contributed by atoms with E-state index in [2.05, 4.69) is 0 Å². The highest BCUT2D eigenvalue weighted by Gasteiger charge is 1.91. The lowest BCUT2D eigenvalue weighted by atomic mass is 10.2. The fourth-order valence-electron chi connectivity index (χ4n) is 0.807. The molecule has 0 unspecified atom stereocenters. The molecule has 0 atom stereocenters. The zero-order valence-electron chi connectivity index (χ0n) is 6.41. The molecule has 0 aliphatic heterocycles. The molecule has 2 nitrogen and oxygen atoms in total. The molecule has 0 bridgehead atoms. The number of hydrogen-bond donors (Lipinski definition) is 0. The highest BCUT2D eigenvalue weighted by Crippen LogP contribution is 2.08. The van der Waals surface area contributed by atoms with Crippen molar-refractivity contribution in [2.45, 2.75) is 13.3 Å². The fourth-order valence-corrected chi connectivity index (χ4v) is 0.807. The Morgan fingerprint density at radius 3 is 3.09 bits per heavy atom. The van der Waals surface area contributed by atoms with Crippen LogP contribution >= 0.6 is 0 Å². The van der Waals surface area contributed by atoms with Crippen molar-refractivity contribution in [3.05, 3.63) is 29.7 Å². The van der Waals surface area contributed by atoms with E-state index in [-0.39, 0.29) is 0 Å². The summed E-state index contributed by atoms with van der Waals surface area (Å²) in [6.07, 6.45) is 4.82. The van der Waals surface area contributed by atoms with Gasteiger partial charge in [-0.1, -0.05) is 5.57 Å². The molecule has 0 radical (unpaired) electrons. The van der Waals surface area contributed by atoms with E-state index in [1.165, 1.54) is 0 Å². The summed E-state index contributed by atoms with van der Waals surface area (Å²) in [5.41, 5.74) is 1.01. The Bertz CT molecular complexity index is 245. The summed E-state index contributed by atoms with van der Waals surface area (Å²) in [6, 6.07) is 3.67. The number of carbonyl (C=O) groups excluding carboxylic acids is 1. The minimum Gasteiger partial charge on any atom is -0.465 e. The summed E-state index contributed by atoms with van der Waals surface area (Å²) in [6.45, 7) is 1.90. The summed E-state index contributed by atoms with van der Waals surface area (Å²) in [4.78, 5) is 10.1. The zero-order chi connectivity index (χ0) is 8.10. The topological polar surface area (TPSA) is 30.2 Å². The monoisotopic (exact) mass is 150 g/mol. The molecule has 0 aliphatic rings. The van der Waals surface area contributed by atoms with Crippen molar-refractivity contribution < 1.29 is 9.21 Å². The lowest BCUT2D eigenvalue weighted by molar-refractivity contribution is -0.107. The Hall–Kier alpha value is -1.31. The van der Waals surface area contributed by atoms with Gasteiger partial charge < -0.3 is 9.21 Å². The molecule has 0 fully saturated rings. The minimum absolute atomic E-state index is 0.473. The normalized spacial score (nSPS) is 11.5. The van der Waals surface area contributed by atoms with Crippen LogP contribution in [0.3, 0.4) is 0 Å². The third kappa shape index (κ3) is 2.42. The van der Waals surface area contributed by atoms with Gasteiger partial charge in [0.2, 0.25) is 0 Å². The van der Waals surface area contributed by atoms with Crippen molar-refractivity contribution in [2.24, 2.45) is 0 Å². The number of furan rings is 1. The Labute approximate surface area is 65.5 Å². The summed E-state index contributed by atoms with van der Waals surface area (Å²) in [5, 5.41) is 0. The molecule has 0 saturated heterocycles. The second-order valence-electron chi connectivity index (χ2n) is 2.38. The molecule has 58 valence electrons. The maximum absolute atomic E-state index is 10.1. The molecule has 0 aromatic carbocycles. The largest absolute Gasteiger partial charge is 0.465 e. The van der Waals surface area contributed by atoms with Crippen molar-refractivity contribution in [3.8, 4) is 0 Å². The molecule has 1 aromatic rings. The number of aldehydes is 1. The summed E-state index contributed by atoms with van der Waals surface area (Å²) < 4.78 is 5.06. The molecule has 0 spiro atoms. The molecule has 0 saturated carbocycles. The SMILES string of the molecule is C/C(=C\c1ccco1)CC=O. The van der Waals surface area contributed by atoms with Crippen LogP contribution in [0, 0.1) is 0 Å². The zero-order valence-corrected chi connectivity index (χ0v) is 6.41. The van der Waals surface area contributed by atoms with Crippen LogP contribution in [-0.2, 0) is 4.79 Å². The van der Waals surface area contributed by atoms with Crippen LogP contribution in [0.2, 0.25) is 0 Å². The van der Waals surface area contributed by atoms with Crippen molar-refractivity contribution in [1.29, 1.82) is 0 Å². The number of carbonyl (C=O) groups is 1. The van der Waals surface area contributed by atoms with E-state index in [4.69, 9.17) is 4.42 Å². The fraction of sp³-hybridized carbons (Fsp3) is 0.222. The van der Waals surface area contributed by atoms with Crippen molar-refractivity contribution >= 4 is 12.4 Å². The van der Waals surface area contributed by atoms with Crippen LogP contribution in [-0.4, -0.2) is 6.29 Å². The Morgan fingerprint density at radius 1 is 1.73 bits per heavy atom. The first kappa shape index (κ1) is 7.79. The molecule has 11 heavy (non-hydrogen) atoms. The van der Waals surface area contributed by atoms with Crippen molar-refractivity contribution in [1.82, 2.24) is 0 Å². The van der Waals surface area contributed by atoms with Crippen molar-refractivity contribution in [3.63, 3.8) is 0 Å². The highest BCUT2D eigenvalue weighted by atomic mass is 16.3. The van der Waals surface area contributed by atoms with Gasteiger partial charge in [0.25, 0.3) is 0 Å². The second-order valence-corrected chi connectivity index (χ2v) is 2.38. The van der Waals surface area contributed by atoms with Crippen LogP contribution in [0.1, 0.15) is 19.1 Å². The second kappa shape index (κ2) is 3.76. The molecule has 2 heteroatoms. The van der Waals surface area contributed by atoms with E-state index in [1.54, 1.807) is 6.26 Å². The Kier molecular flexibility index (Phi) is 2.66. The van der Waals surface area contributed by atoms with Gasteiger partial charge in [-0.3, -0.25) is 0 Å². The van der Waals surface area contributed by atoms with Gasteiger partial charge in [-0.2, -0.15) is 0 Å². The van der Waals surface area contributed by atoms with Crippen LogP contribution < -0.4 is 0 Å². The van der Waals surface area contributed by atoms with Gasteiger partial charge in [-0.15, -0.1) is 0 Å². The molecule has 1 heterocycles. The third-order valence-electron chi connectivity index (χ3n) is 1.34. The number of allylic oxidation sites excluding steroid dienone is 1. The molecular weight excluding hydrogens is 140 g/mol. The molecular formula is C9H10O2. The summed E-state index contributed by atoms with van der Waals surface area (Å²) in [5.74, 6) is 0.796. The van der Waals surface area contributed by atoms with E-state index in [9.17, 15) is 4.79 Å². The van der Waals surface area contributed by atoms with Gasteiger partial charge >= 0.3 is 0 Å². The lowest BCUT2D eigenvalue weighted by Crippen LogP contribution is -1.76.